The zero-order valence-electron chi connectivity index (χ0n) is 11.5. The van der Waals surface area contributed by atoms with Crippen LogP contribution in [0.3, 0.4) is 0 Å². The van der Waals surface area contributed by atoms with E-state index in [4.69, 9.17) is 0 Å². The summed E-state index contributed by atoms with van der Waals surface area (Å²) in [6, 6.07) is 0. The Bertz CT molecular complexity index is 142. The van der Waals surface area contributed by atoms with E-state index < -0.39 is 0 Å². The van der Waals surface area contributed by atoms with E-state index in [1.165, 1.54) is 77.4 Å². The fourth-order valence-electron chi connectivity index (χ4n) is 2.79. The molecule has 1 nitrogen and oxygen atoms in total. The summed E-state index contributed by atoms with van der Waals surface area (Å²) in [5.41, 5.74) is 0. The Balaban J connectivity index is 2.23. The topological polar surface area (TPSA) is 3.24 Å². The third kappa shape index (κ3) is 5.89. The highest BCUT2D eigenvalue weighted by Gasteiger charge is 2.16. The van der Waals surface area contributed by atoms with Crippen molar-refractivity contribution in [2.45, 2.75) is 71.6 Å². The fourth-order valence-corrected chi connectivity index (χ4v) is 2.79. The number of unbranched alkanes of at least 4 members (excludes halogenated alkanes) is 2. The molecule has 1 rings (SSSR count). The number of hydrogen-bond acceptors (Lipinski definition) is 1. The lowest BCUT2D eigenvalue weighted by Gasteiger charge is -2.29. The van der Waals surface area contributed by atoms with Crippen molar-refractivity contribution in [3.05, 3.63) is 0 Å². The molecule has 0 unspecified atom stereocenters. The van der Waals surface area contributed by atoms with E-state index in [0.717, 1.165) is 5.92 Å². The van der Waals surface area contributed by atoms with Gasteiger partial charge in [0.25, 0.3) is 0 Å². The Morgan fingerprint density at radius 1 is 0.875 bits per heavy atom. The first-order valence-corrected chi connectivity index (χ1v) is 7.59. The standard InChI is InChI=1S/C15H31N/c1-3-5-12-16(13-6-4-2)14-15-10-8-7-9-11-15/h15H,3-14H2,1-2H3. The zero-order chi connectivity index (χ0) is 11.6. The quantitative estimate of drug-likeness (QED) is 0.589. The molecular formula is C15H31N. The van der Waals surface area contributed by atoms with Crippen molar-refractivity contribution in [3.63, 3.8) is 0 Å². The van der Waals surface area contributed by atoms with E-state index in [2.05, 4.69) is 18.7 Å². The molecule has 1 heteroatoms. The molecule has 0 aromatic carbocycles. The van der Waals surface area contributed by atoms with Gasteiger partial charge in [0.05, 0.1) is 0 Å². The predicted molar refractivity (Wildman–Crippen MR) is 72.8 cm³/mol. The van der Waals surface area contributed by atoms with Crippen molar-refractivity contribution in [2.75, 3.05) is 19.6 Å². The second-order valence-corrected chi connectivity index (χ2v) is 5.51. The summed E-state index contributed by atoms with van der Waals surface area (Å²) in [4.78, 5) is 2.74. The molecule has 0 atom stereocenters. The lowest BCUT2D eigenvalue weighted by molar-refractivity contribution is 0.196. The second kappa shape index (κ2) is 9.04. The maximum atomic E-state index is 2.74. The molecule has 0 aromatic rings. The first kappa shape index (κ1) is 14.0. The van der Waals surface area contributed by atoms with E-state index in [1.807, 2.05) is 0 Å². The second-order valence-electron chi connectivity index (χ2n) is 5.51. The highest BCUT2D eigenvalue weighted by atomic mass is 15.1. The van der Waals surface area contributed by atoms with Gasteiger partial charge in [0.1, 0.15) is 0 Å². The maximum Gasteiger partial charge on any atom is 0.000965 e. The van der Waals surface area contributed by atoms with Crippen LogP contribution in [0.2, 0.25) is 0 Å². The van der Waals surface area contributed by atoms with Gasteiger partial charge in [0.2, 0.25) is 0 Å². The monoisotopic (exact) mass is 225 g/mol. The minimum Gasteiger partial charge on any atom is -0.303 e. The fraction of sp³-hybridized carbons (Fsp3) is 1.00. The van der Waals surface area contributed by atoms with Crippen LogP contribution in [0.4, 0.5) is 0 Å². The van der Waals surface area contributed by atoms with Crippen molar-refractivity contribution >= 4 is 0 Å². The van der Waals surface area contributed by atoms with Crippen LogP contribution in [0.25, 0.3) is 0 Å². The Morgan fingerprint density at radius 2 is 1.44 bits per heavy atom. The van der Waals surface area contributed by atoms with Crippen LogP contribution in [0, 0.1) is 5.92 Å². The van der Waals surface area contributed by atoms with Gasteiger partial charge in [-0.25, -0.2) is 0 Å². The third-order valence-electron chi connectivity index (χ3n) is 3.90. The third-order valence-corrected chi connectivity index (χ3v) is 3.90. The Morgan fingerprint density at radius 3 is 1.94 bits per heavy atom. The van der Waals surface area contributed by atoms with Crippen molar-refractivity contribution in [2.24, 2.45) is 5.92 Å². The molecule has 1 aliphatic rings. The van der Waals surface area contributed by atoms with E-state index in [1.54, 1.807) is 0 Å². The molecule has 0 aliphatic heterocycles. The summed E-state index contributed by atoms with van der Waals surface area (Å²) in [5.74, 6) is 1.02. The van der Waals surface area contributed by atoms with Gasteiger partial charge in [-0.1, -0.05) is 46.0 Å². The van der Waals surface area contributed by atoms with Crippen molar-refractivity contribution in [1.29, 1.82) is 0 Å². The van der Waals surface area contributed by atoms with Gasteiger partial charge in [-0.2, -0.15) is 0 Å². The average Bonchev–Trinajstić information content (AvgIpc) is 2.34. The van der Waals surface area contributed by atoms with Gasteiger partial charge >= 0.3 is 0 Å². The highest BCUT2D eigenvalue weighted by Crippen LogP contribution is 2.24. The highest BCUT2D eigenvalue weighted by molar-refractivity contribution is 4.70. The first-order chi connectivity index (χ1) is 7.86. The van der Waals surface area contributed by atoms with Crippen LogP contribution in [-0.4, -0.2) is 24.5 Å². The van der Waals surface area contributed by atoms with Crippen molar-refractivity contribution in [1.82, 2.24) is 4.90 Å². The summed E-state index contributed by atoms with van der Waals surface area (Å²) < 4.78 is 0. The van der Waals surface area contributed by atoms with Crippen LogP contribution in [0.1, 0.15) is 71.6 Å². The summed E-state index contributed by atoms with van der Waals surface area (Å²) in [6.07, 6.45) is 12.9. The van der Waals surface area contributed by atoms with Crippen molar-refractivity contribution < 1.29 is 0 Å². The Labute approximate surface area is 103 Å². The van der Waals surface area contributed by atoms with E-state index in [9.17, 15) is 0 Å². The molecule has 16 heavy (non-hydrogen) atoms. The Hall–Kier alpha value is -0.0400. The van der Waals surface area contributed by atoms with Gasteiger partial charge < -0.3 is 4.90 Å². The Kier molecular flexibility index (Phi) is 7.92. The molecule has 0 bridgehead atoms. The molecular weight excluding hydrogens is 194 g/mol. The van der Waals surface area contributed by atoms with Crippen molar-refractivity contribution in [3.8, 4) is 0 Å². The number of nitrogens with zero attached hydrogens (tertiary/aromatic N) is 1. The molecule has 1 aliphatic carbocycles. The molecule has 0 aromatic heterocycles. The molecule has 1 saturated carbocycles. The lowest BCUT2D eigenvalue weighted by Crippen LogP contribution is -2.32. The molecule has 0 N–H and O–H groups in total. The lowest BCUT2D eigenvalue weighted by atomic mass is 9.89. The van der Waals surface area contributed by atoms with Gasteiger partial charge in [0, 0.05) is 6.54 Å². The molecule has 96 valence electrons. The normalized spacial score (nSPS) is 18.2. The SMILES string of the molecule is CCCCN(CCCC)CC1CCCCC1. The molecule has 1 fully saturated rings. The molecule has 0 heterocycles. The molecule has 0 spiro atoms. The van der Waals surface area contributed by atoms with Crippen LogP contribution >= 0.6 is 0 Å². The van der Waals surface area contributed by atoms with E-state index >= 15 is 0 Å². The first-order valence-electron chi connectivity index (χ1n) is 7.59. The summed E-state index contributed by atoms with van der Waals surface area (Å²) in [6.45, 7) is 8.68. The van der Waals surface area contributed by atoms with Crippen LogP contribution in [0.5, 0.6) is 0 Å². The number of rotatable bonds is 8. The zero-order valence-corrected chi connectivity index (χ0v) is 11.5. The summed E-state index contributed by atoms with van der Waals surface area (Å²) >= 11 is 0. The summed E-state index contributed by atoms with van der Waals surface area (Å²) in [7, 11) is 0. The predicted octanol–water partition coefficient (Wildman–Crippen LogP) is 4.47. The van der Waals surface area contributed by atoms with Gasteiger partial charge in [-0.3, -0.25) is 0 Å². The largest absolute Gasteiger partial charge is 0.303 e. The molecule has 0 saturated heterocycles. The van der Waals surface area contributed by atoms with Gasteiger partial charge in [0.15, 0.2) is 0 Å². The van der Waals surface area contributed by atoms with Gasteiger partial charge in [-0.05, 0) is 44.7 Å². The maximum absolute atomic E-state index is 2.74. The minimum absolute atomic E-state index is 1.02. The summed E-state index contributed by atoms with van der Waals surface area (Å²) in [5, 5.41) is 0. The smallest absolute Gasteiger partial charge is 0.000965 e. The van der Waals surface area contributed by atoms with Crippen LogP contribution < -0.4 is 0 Å². The van der Waals surface area contributed by atoms with E-state index in [-0.39, 0.29) is 0 Å². The molecule has 0 amide bonds. The average molecular weight is 225 g/mol. The van der Waals surface area contributed by atoms with Gasteiger partial charge in [-0.15, -0.1) is 0 Å². The van der Waals surface area contributed by atoms with Crippen LogP contribution in [-0.2, 0) is 0 Å². The minimum atomic E-state index is 1.02. The van der Waals surface area contributed by atoms with E-state index in [0.29, 0.717) is 0 Å². The number of hydrogen-bond donors (Lipinski definition) is 0. The molecule has 0 radical (unpaired) electrons. The van der Waals surface area contributed by atoms with Crippen LogP contribution in [0.15, 0.2) is 0 Å².